The van der Waals surface area contributed by atoms with E-state index in [4.69, 9.17) is 4.74 Å². The molecular weight excluding hydrogens is 378 g/mol. The maximum Gasteiger partial charge on any atom is 0.410 e. The molecule has 1 aromatic carbocycles. The van der Waals surface area contributed by atoms with Gasteiger partial charge in [-0.05, 0) is 57.7 Å². The van der Waals surface area contributed by atoms with E-state index in [-0.39, 0.29) is 10.9 Å². The second kappa shape index (κ2) is 7.67. The van der Waals surface area contributed by atoms with Gasteiger partial charge in [0.25, 0.3) is 0 Å². The van der Waals surface area contributed by atoms with E-state index in [1.54, 1.807) is 41.6 Å². The molecule has 0 N–H and O–H groups in total. The first kappa shape index (κ1) is 20.5. The fraction of sp³-hybridized carbons (Fsp3) is 0.500. The van der Waals surface area contributed by atoms with Gasteiger partial charge in [-0.15, -0.1) is 0 Å². The zero-order chi connectivity index (χ0) is 20.5. The average Bonchev–Trinajstić information content (AvgIpc) is 2.82. The first-order chi connectivity index (χ1) is 13.1. The van der Waals surface area contributed by atoms with E-state index in [0.29, 0.717) is 26.1 Å². The van der Waals surface area contributed by atoms with E-state index in [0.717, 1.165) is 10.8 Å². The summed E-state index contributed by atoms with van der Waals surface area (Å²) in [5.74, 6) is 0. The smallest absolute Gasteiger partial charge is 0.410 e. The van der Waals surface area contributed by atoms with Crippen molar-refractivity contribution in [3.8, 4) is 0 Å². The minimum atomic E-state index is -3.68. The maximum absolute atomic E-state index is 13.3. The molecule has 0 bridgehead atoms. The number of benzene rings is 1. The van der Waals surface area contributed by atoms with Crippen molar-refractivity contribution in [2.75, 3.05) is 19.6 Å². The van der Waals surface area contributed by atoms with Crippen LogP contribution in [0.4, 0.5) is 4.79 Å². The topological polar surface area (TPSA) is 79.8 Å². The van der Waals surface area contributed by atoms with Crippen LogP contribution in [0.25, 0.3) is 10.8 Å². The molecule has 1 saturated heterocycles. The molecule has 7 nitrogen and oxygen atoms in total. The third kappa shape index (κ3) is 4.44. The Bertz CT molecular complexity index is 969. The Labute approximate surface area is 166 Å². The van der Waals surface area contributed by atoms with Crippen LogP contribution >= 0.6 is 0 Å². The number of fused-ring (bicyclic) bond motifs is 1. The Morgan fingerprint density at radius 2 is 1.93 bits per heavy atom. The number of sulfonamides is 1. The predicted molar refractivity (Wildman–Crippen MR) is 108 cm³/mol. The van der Waals surface area contributed by atoms with Gasteiger partial charge >= 0.3 is 6.09 Å². The Hall–Kier alpha value is -2.19. The van der Waals surface area contributed by atoms with Crippen LogP contribution in [-0.4, -0.2) is 60.0 Å². The third-order valence-corrected chi connectivity index (χ3v) is 6.66. The van der Waals surface area contributed by atoms with Gasteiger partial charge in [0, 0.05) is 43.5 Å². The van der Waals surface area contributed by atoms with Gasteiger partial charge in [-0.1, -0.05) is 6.07 Å². The third-order valence-electron chi connectivity index (χ3n) is 4.65. The van der Waals surface area contributed by atoms with Gasteiger partial charge in [-0.3, -0.25) is 4.98 Å². The number of hydrogen-bond donors (Lipinski definition) is 0. The molecule has 0 saturated carbocycles. The normalized spacial score (nSPS) is 19.4. The molecule has 0 unspecified atom stereocenters. The number of carbonyl (C=O) groups is 1. The Morgan fingerprint density at radius 1 is 1.18 bits per heavy atom. The van der Waals surface area contributed by atoms with Gasteiger partial charge in [-0.2, -0.15) is 4.31 Å². The summed E-state index contributed by atoms with van der Waals surface area (Å²) < 4.78 is 33.5. The molecule has 0 spiro atoms. The van der Waals surface area contributed by atoms with E-state index in [9.17, 15) is 13.2 Å². The molecule has 152 valence electrons. The lowest BCUT2D eigenvalue weighted by molar-refractivity contribution is 0.0244. The highest BCUT2D eigenvalue weighted by Crippen LogP contribution is 2.25. The second-order valence-electron chi connectivity index (χ2n) is 8.13. The van der Waals surface area contributed by atoms with Crippen molar-refractivity contribution in [1.82, 2.24) is 14.2 Å². The Balaban J connectivity index is 1.83. The molecular formula is C20H27N3O4S. The number of ether oxygens (including phenoxy) is 1. The van der Waals surface area contributed by atoms with Crippen LogP contribution in [0.15, 0.2) is 41.6 Å². The summed E-state index contributed by atoms with van der Waals surface area (Å²) in [5.41, 5.74) is -0.585. The highest BCUT2D eigenvalue weighted by molar-refractivity contribution is 7.89. The number of pyridine rings is 1. The van der Waals surface area contributed by atoms with E-state index < -0.39 is 21.7 Å². The second-order valence-corrected chi connectivity index (χ2v) is 10.0. The summed E-state index contributed by atoms with van der Waals surface area (Å²) in [6, 6.07) is 6.50. The average molecular weight is 406 g/mol. The number of carbonyl (C=O) groups excluding carboxylic acids is 1. The Morgan fingerprint density at radius 3 is 2.64 bits per heavy atom. The fourth-order valence-electron chi connectivity index (χ4n) is 3.35. The summed E-state index contributed by atoms with van der Waals surface area (Å²) in [7, 11) is -3.68. The molecule has 0 aliphatic carbocycles. The highest BCUT2D eigenvalue weighted by Gasteiger charge is 2.34. The van der Waals surface area contributed by atoms with Gasteiger partial charge < -0.3 is 9.64 Å². The van der Waals surface area contributed by atoms with Crippen molar-refractivity contribution >= 4 is 26.9 Å². The van der Waals surface area contributed by atoms with Gasteiger partial charge in [0.05, 0.1) is 4.90 Å². The van der Waals surface area contributed by atoms with Crippen molar-refractivity contribution in [1.29, 1.82) is 0 Å². The number of nitrogens with zero attached hydrogens (tertiary/aromatic N) is 3. The molecule has 1 atom stereocenters. The Kier molecular flexibility index (Phi) is 5.63. The SMILES string of the molecule is C[C@H]1CN(C(=O)OC(C)(C)C)CCCN1S(=O)(=O)c1ccc2cnccc2c1. The quantitative estimate of drug-likeness (QED) is 0.766. The highest BCUT2D eigenvalue weighted by atomic mass is 32.2. The molecule has 2 heterocycles. The van der Waals surface area contributed by atoms with Crippen LogP contribution in [-0.2, 0) is 14.8 Å². The first-order valence-corrected chi connectivity index (χ1v) is 10.9. The zero-order valence-electron chi connectivity index (χ0n) is 16.8. The molecule has 1 aliphatic heterocycles. The van der Waals surface area contributed by atoms with Gasteiger partial charge in [0.2, 0.25) is 10.0 Å². The van der Waals surface area contributed by atoms with Gasteiger partial charge in [0.15, 0.2) is 0 Å². The molecule has 1 aromatic heterocycles. The molecule has 8 heteroatoms. The molecule has 1 fully saturated rings. The summed E-state index contributed by atoms with van der Waals surface area (Å²) in [6.07, 6.45) is 3.50. The first-order valence-electron chi connectivity index (χ1n) is 9.41. The minimum absolute atomic E-state index is 0.253. The minimum Gasteiger partial charge on any atom is -0.444 e. The standard InChI is InChI=1S/C20H27N3O4S/c1-15-14-22(19(24)27-20(2,3)4)10-5-11-23(15)28(25,26)18-7-6-17-13-21-9-8-16(17)12-18/h6-9,12-13,15H,5,10-11,14H2,1-4H3/t15-/m0/s1. The van der Waals surface area contributed by atoms with E-state index >= 15 is 0 Å². The zero-order valence-corrected chi connectivity index (χ0v) is 17.6. The number of amides is 1. The van der Waals surface area contributed by atoms with Gasteiger partial charge in [0.1, 0.15) is 5.60 Å². The lowest BCUT2D eigenvalue weighted by Crippen LogP contribution is -2.45. The number of rotatable bonds is 2. The summed E-state index contributed by atoms with van der Waals surface area (Å²) in [6.45, 7) is 8.40. The summed E-state index contributed by atoms with van der Waals surface area (Å²) in [5, 5.41) is 1.72. The lowest BCUT2D eigenvalue weighted by Gasteiger charge is -2.30. The van der Waals surface area contributed by atoms with Crippen LogP contribution in [0, 0.1) is 0 Å². The largest absolute Gasteiger partial charge is 0.444 e. The summed E-state index contributed by atoms with van der Waals surface area (Å²) >= 11 is 0. The van der Waals surface area contributed by atoms with E-state index in [1.165, 1.54) is 4.31 Å². The lowest BCUT2D eigenvalue weighted by atomic mass is 10.2. The van der Waals surface area contributed by atoms with Crippen molar-refractivity contribution in [2.24, 2.45) is 0 Å². The molecule has 0 radical (unpaired) electrons. The molecule has 1 aliphatic rings. The predicted octanol–water partition coefficient (Wildman–Crippen LogP) is 3.25. The monoisotopic (exact) mass is 405 g/mol. The maximum atomic E-state index is 13.3. The van der Waals surface area contributed by atoms with Crippen LogP contribution in [0.3, 0.4) is 0 Å². The van der Waals surface area contributed by atoms with Crippen molar-refractivity contribution in [2.45, 2.75) is 50.7 Å². The van der Waals surface area contributed by atoms with Crippen LogP contribution < -0.4 is 0 Å². The van der Waals surface area contributed by atoms with Gasteiger partial charge in [-0.25, -0.2) is 13.2 Å². The number of aromatic nitrogens is 1. The molecule has 3 rings (SSSR count). The van der Waals surface area contributed by atoms with Crippen molar-refractivity contribution in [3.63, 3.8) is 0 Å². The number of hydrogen-bond acceptors (Lipinski definition) is 5. The molecule has 28 heavy (non-hydrogen) atoms. The fourth-order valence-corrected chi connectivity index (χ4v) is 5.04. The van der Waals surface area contributed by atoms with Crippen LogP contribution in [0.2, 0.25) is 0 Å². The molecule has 2 aromatic rings. The van der Waals surface area contributed by atoms with Crippen LogP contribution in [0.1, 0.15) is 34.1 Å². The summed E-state index contributed by atoms with van der Waals surface area (Å²) in [4.78, 5) is 18.3. The molecule has 1 amide bonds. The van der Waals surface area contributed by atoms with Crippen molar-refractivity contribution in [3.05, 3.63) is 36.7 Å². The van der Waals surface area contributed by atoms with Crippen LogP contribution in [0.5, 0.6) is 0 Å². The van der Waals surface area contributed by atoms with Crippen molar-refractivity contribution < 1.29 is 17.9 Å². The van der Waals surface area contributed by atoms with E-state index in [1.807, 2.05) is 27.7 Å². The van der Waals surface area contributed by atoms with E-state index in [2.05, 4.69) is 4.98 Å².